The summed E-state index contributed by atoms with van der Waals surface area (Å²) >= 11 is 0. The molecule has 3 nitrogen and oxygen atoms in total. The van der Waals surface area contributed by atoms with Gasteiger partial charge >= 0.3 is 0 Å². The van der Waals surface area contributed by atoms with E-state index in [1.807, 2.05) is 30.3 Å². The number of hydrogen-bond donors (Lipinski definition) is 0. The van der Waals surface area contributed by atoms with Crippen LogP contribution in [0.4, 0.5) is 0 Å². The first-order valence-electron chi connectivity index (χ1n) is 7.85. The molecule has 2 aliphatic heterocycles. The molecule has 0 saturated carbocycles. The fourth-order valence-corrected chi connectivity index (χ4v) is 5.93. The summed E-state index contributed by atoms with van der Waals surface area (Å²) in [7, 11) is -3.66. The molecule has 0 N–H and O–H groups in total. The summed E-state index contributed by atoms with van der Waals surface area (Å²) in [6.45, 7) is 0. The minimum absolute atomic E-state index is 0.310. The monoisotopic (exact) mass is 348 g/mol. The summed E-state index contributed by atoms with van der Waals surface area (Å²) < 4.78 is 34.3. The normalized spacial score (nSPS) is 21.3. The van der Waals surface area contributed by atoms with Gasteiger partial charge in [-0.25, -0.2) is 8.42 Å². The Balaban J connectivity index is 0.000000136. The average molecular weight is 348 g/mol. The third-order valence-electron chi connectivity index (χ3n) is 4.16. The maximum atomic E-state index is 11.5. The summed E-state index contributed by atoms with van der Waals surface area (Å²) in [6, 6.07) is 15.3. The van der Waals surface area contributed by atoms with Gasteiger partial charge in [-0.1, -0.05) is 36.4 Å². The van der Waals surface area contributed by atoms with Gasteiger partial charge in [0.1, 0.15) is 0 Å². The van der Waals surface area contributed by atoms with Crippen molar-refractivity contribution in [2.24, 2.45) is 0 Å². The van der Waals surface area contributed by atoms with Gasteiger partial charge in [0.15, 0.2) is 9.84 Å². The molecule has 0 aromatic heterocycles. The van der Waals surface area contributed by atoms with E-state index in [1.165, 1.54) is 5.56 Å². The molecule has 0 spiro atoms. The maximum absolute atomic E-state index is 11.5. The zero-order chi connectivity index (χ0) is 16.3. The van der Waals surface area contributed by atoms with Crippen molar-refractivity contribution in [2.75, 3.05) is 11.5 Å². The lowest BCUT2D eigenvalue weighted by molar-refractivity contribution is 0.586. The number of benzene rings is 2. The Kier molecular flexibility index (Phi) is 4.97. The first-order chi connectivity index (χ1) is 11.1. The van der Waals surface area contributed by atoms with E-state index in [0.717, 1.165) is 41.9 Å². The van der Waals surface area contributed by atoms with Crippen LogP contribution < -0.4 is 0 Å². The van der Waals surface area contributed by atoms with Gasteiger partial charge in [-0.15, -0.1) is 0 Å². The van der Waals surface area contributed by atoms with Gasteiger partial charge in [-0.05, 0) is 48.9 Å². The van der Waals surface area contributed by atoms with E-state index in [0.29, 0.717) is 10.6 Å². The summed E-state index contributed by atoms with van der Waals surface area (Å²) in [5.74, 6) is 1.15. The lowest BCUT2D eigenvalue weighted by Crippen LogP contribution is -2.15. The van der Waals surface area contributed by atoms with Crippen LogP contribution >= 0.6 is 0 Å². The molecule has 5 heteroatoms. The topological polar surface area (TPSA) is 51.2 Å². The minimum atomic E-state index is -2.94. The first-order valence-corrected chi connectivity index (χ1v) is 10.8. The second-order valence-corrected chi connectivity index (χ2v) is 9.41. The molecule has 1 unspecified atom stereocenters. The van der Waals surface area contributed by atoms with Crippen molar-refractivity contribution in [2.45, 2.75) is 35.5 Å². The second kappa shape index (κ2) is 6.97. The van der Waals surface area contributed by atoms with Gasteiger partial charge in [0.25, 0.3) is 0 Å². The zero-order valence-corrected chi connectivity index (χ0v) is 14.5. The number of fused-ring (bicyclic) bond motifs is 2. The largest absolute Gasteiger partial charge is 0.254 e. The molecule has 0 aliphatic carbocycles. The van der Waals surface area contributed by atoms with Crippen molar-refractivity contribution < 1.29 is 12.6 Å². The highest BCUT2D eigenvalue weighted by molar-refractivity contribution is 7.91. The smallest absolute Gasteiger partial charge is 0.178 e. The van der Waals surface area contributed by atoms with Gasteiger partial charge in [0, 0.05) is 10.6 Å². The van der Waals surface area contributed by atoms with E-state index in [4.69, 9.17) is 0 Å². The standard InChI is InChI=1S/C9H10O2S.C9H10OS/c10-12(11)7-3-5-8-4-1-2-6-9(8)12;10-11-7-3-5-8-4-1-2-6-9(8)11/h1-2,4,6H,3,5,7H2;1-2,4,6H,3,5,7H2. The van der Waals surface area contributed by atoms with Crippen LogP contribution in [0.15, 0.2) is 58.3 Å². The Hall–Kier alpha value is -1.46. The molecule has 2 aliphatic rings. The third kappa shape index (κ3) is 3.72. The van der Waals surface area contributed by atoms with Crippen LogP contribution in [-0.4, -0.2) is 24.1 Å². The summed E-state index contributed by atoms with van der Waals surface area (Å²) in [5.41, 5.74) is 2.25. The van der Waals surface area contributed by atoms with Crippen LogP contribution in [0.2, 0.25) is 0 Å². The number of sulfone groups is 1. The van der Waals surface area contributed by atoms with Crippen molar-refractivity contribution in [3.8, 4) is 0 Å². The highest BCUT2D eigenvalue weighted by atomic mass is 32.2. The van der Waals surface area contributed by atoms with Gasteiger partial charge in [-0.2, -0.15) is 0 Å². The molecule has 2 heterocycles. The van der Waals surface area contributed by atoms with E-state index >= 15 is 0 Å². The van der Waals surface area contributed by atoms with Crippen LogP contribution in [0.3, 0.4) is 0 Å². The van der Waals surface area contributed by atoms with Crippen molar-refractivity contribution in [3.05, 3.63) is 59.7 Å². The lowest BCUT2D eigenvalue weighted by Gasteiger charge is -2.14. The second-order valence-electron chi connectivity index (χ2n) is 5.79. The summed E-state index contributed by atoms with van der Waals surface area (Å²) in [5, 5.41) is 0. The molecule has 0 saturated heterocycles. The van der Waals surface area contributed by atoms with Gasteiger partial charge < -0.3 is 0 Å². The van der Waals surface area contributed by atoms with Gasteiger partial charge in [-0.3, -0.25) is 4.21 Å². The fourth-order valence-electron chi connectivity index (χ4n) is 3.01. The predicted molar refractivity (Wildman–Crippen MR) is 92.9 cm³/mol. The Bertz CT molecular complexity index is 826. The van der Waals surface area contributed by atoms with Crippen LogP contribution in [0.1, 0.15) is 24.0 Å². The molecule has 0 bridgehead atoms. The molecular weight excluding hydrogens is 328 g/mol. The number of hydrogen-bond acceptors (Lipinski definition) is 3. The summed E-state index contributed by atoms with van der Waals surface area (Å²) in [4.78, 5) is 1.59. The SMILES string of the molecule is O=S1(=O)CCCc2ccccc21.O=S1CCCc2ccccc21. The van der Waals surface area contributed by atoms with E-state index in [2.05, 4.69) is 6.07 Å². The van der Waals surface area contributed by atoms with E-state index < -0.39 is 20.6 Å². The van der Waals surface area contributed by atoms with E-state index in [9.17, 15) is 12.6 Å². The molecule has 4 rings (SSSR count). The van der Waals surface area contributed by atoms with Gasteiger partial charge in [0.2, 0.25) is 0 Å². The van der Waals surface area contributed by atoms with Crippen molar-refractivity contribution in [1.29, 1.82) is 0 Å². The summed E-state index contributed by atoms with van der Waals surface area (Å²) in [6.07, 6.45) is 3.83. The Morgan fingerprint density at radius 1 is 0.826 bits per heavy atom. The molecule has 2 aromatic carbocycles. The van der Waals surface area contributed by atoms with Crippen LogP contribution in [0, 0.1) is 0 Å². The van der Waals surface area contributed by atoms with Crippen LogP contribution in [-0.2, 0) is 33.5 Å². The van der Waals surface area contributed by atoms with E-state index in [-0.39, 0.29) is 0 Å². The molecule has 2 aromatic rings. The third-order valence-corrected chi connectivity index (χ3v) is 7.60. The number of aryl methyl sites for hydroxylation is 2. The molecule has 1 atom stereocenters. The predicted octanol–water partition coefficient (Wildman–Crippen LogP) is 3.15. The highest BCUT2D eigenvalue weighted by Gasteiger charge is 2.22. The molecule has 122 valence electrons. The lowest BCUT2D eigenvalue weighted by atomic mass is 10.1. The highest BCUT2D eigenvalue weighted by Crippen LogP contribution is 2.24. The fraction of sp³-hybridized carbons (Fsp3) is 0.333. The zero-order valence-electron chi connectivity index (χ0n) is 12.9. The Morgan fingerprint density at radius 2 is 1.48 bits per heavy atom. The molecular formula is C18H20O3S2. The van der Waals surface area contributed by atoms with Crippen molar-refractivity contribution in [3.63, 3.8) is 0 Å². The van der Waals surface area contributed by atoms with Crippen molar-refractivity contribution in [1.82, 2.24) is 0 Å². The molecule has 23 heavy (non-hydrogen) atoms. The Morgan fingerprint density at radius 3 is 2.22 bits per heavy atom. The van der Waals surface area contributed by atoms with Crippen LogP contribution in [0.5, 0.6) is 0 Å². The first kappa shape index (κ1) is 16.4. The van der Waals surface area contributed by atoms with Gasteiger partial charge in [0.05, 0.1) is 21.4 Å². The molecule has 0 amide bonds. The maximum Gasteiger partial charge on any atom is 0.178 e. The van der Waals surface area contributed by atoms with Crippen molar-refractivity contribution >= 4 is 20.6 Å². The minimum Gasteiger partial charge on any atom is -0.254 e. The number of rotatable bonds is 0. The average Bonchev–Trinajstić information content (AvgIpc) is 2.56. The Labute approximate surface area is 140 Å². The molecule has 0 fully saturated rings. The van der Waals surface area contributed by atoms with Crippen LogP contribution in [0.25, 0.3) is 0 Å². The van der Waals surface area contributed by atoms with E-state index in [1.54, 1.807) is 12.1 Å². The molecule has 0 radical (unpaired) electrons. The quantitative estimate of drug-likeness (QED) is 0.735.